The van der Waals surface area contributed by atoms with Gasteiger partial charge in [0.25, 0.3) is 0 Å². The van der Waals surface area contributed by atoms with E-state index >= 15 is 0 Å². The van der Waals surface area contributed by atoms with Crippen LogP contribution in [-0.4, -0.2) is 62.5 Å². The van der Waals surface area contributed by atoms with Crippen LogP contribution in [0, 0.1) is 0 Å². The monoisotopic (exact) mass is 202 g/mol. The zero-order valence-electron chi connectivity index (χ0n) is 9.36. The number of hydrogen-bond acceptors (Lipinski definition) is 4. The van der Waals surface area contributed by atoms with Crippen molar-refractivity contribution in [3.63, 3.8) is 0 Å². The minimum Gasteiger partial charge on any atom is -0.368 e. The van der Waals surface area contributed by atoms with E-state index in [4.69, 9.17) is 11.5 Å². The fourth-order valence-electron chi connectivity index (χ4n) is 0.984. The fourth-order valence-corrected chi connectivity index (χ4v) is 0.984. The molecule has 0 aromatic rings. The van der Waals surface area contributed by atoms with Crippen molar-refractivity contribution in [2.24, 2.45) is 11.5 Å². The molecule has 0 saturated heterocycles. The number of carbonyl (C=O) groups excluding carboxylic acids is 1. The Morgan fingerprint density at radius 1 is 1.21 bits per heavy atom. The van der Waals surface area contributed by atoms with Crippen molar-refractivity contribution < 1.29 is 4.79 Å². The van der Waals surface area contributed by atoms with Crippen LogP contribution < -0.4 is 11.5 Å². The first-order valence-electron chi connectivity index (χ1n) is 4.81. The molecule has 14 heavy (non-hydrogen) atoms. The summed E-state index contributed by atoms with van der Waals surface area (Å²) in [5, 5.41) is 0. The molecule has 5 nitrogen and oxygen atoms in total. The molecule has 0 aliphatic rings. The van der Waals surface area contributed by atoms with Crippen molar-refractivity contribution in [2.45, 2.75) is 12.5 Å². The molecule has 1 amide bonds. The van der Waals surface area contributed by atoms with Crippen LogP contribution in [0.5, 0.6) is 0 Å². The molecule has 0 bridgehead atoms. The standard InChI is InChI=1S/C9H22N4O/c1-12(2)6-7-13(3)5-4-8(10)9(11)14/h8H,4-7,10H2,1-3H3,(H2,11,14). The van der Waals surface area contributed by atoms with E-state index in [1.807, 2.05) is 21.1 Å². The number of primary amides is 1. The first-order chi connectivity index (χ1) is 6.43. The van der Waals surface area contributed by atoms with Gasteiger partial charge in [0, 0.05) is 13.1 Å². The molecule has 84 valence electrons. The smallest absolute Gasteiger partial charge is 0.234 e. The van der Waals surface area contributed by atoms with Crippen LogP contribution in [0.2, 0.25) is 0 Å². The predicted molar refractivity (Wildman–Crippen MR) is 57.8 cm³/mol. The van der Waals surface area contributed by atoms with Crippen molar-refractivity contribution in [3.05, 3.63) is 0 Å². The summed E-state index contributed by atoms with van der Waals surface area (Å²) in [6, 6.07) is -0.517. The third-order valence-corrected chi connectivity index (χ3v) is 2.12. The topological polar surface area (TPSA) is 75.6 Å². The third kappa shape index (κ3) is 6.82. The van der Waals surface area contributed by atoms with E-state index in [-0.39, 0.29) is 0 Å². The number of likely N-dealkylation sites (N-methyl/N-ethyl adjacent to an activating group) is 2. The highest BCUT2D eigenvalue weighted by Gasteiger charge is 2.09. The molecule has 0 aliphatic carbocycles. The van der Waals surface area contributed by atoms with E-state index in [0.717, 1.165) is 19.6 Å². The number of amides is 1. The minimum absolute atomic E-state index is 0.425. The second-order valence-electron chi connectivity index (χ2n) is 3.90. The highest BCUT2D eigenvalue weighted by atomic mass is 16.1. The summed E-state index contributed by atoms with van der Waals surface area (Å²) in [5.41, 5.74) is 10.6. The minimum atomic E-state index is -0.517. The predicted octanol–water partition coefficient (Wildman–Crippen LogP) is -1.32. The quantitative estimate of drug-likeness (QED) is 0.537. The summed E-state index contributed by atoms with van der Waals surface area (Å²) in [5.74, 6) is -0.425. The van der Waals surface area contributed by atoms with Crippen LogP contribution in [0.25, 0.3) is 0 Å². The second-order valence-corrected chi connectivity index (χ2v) is 3.90. The van der Waals surface area contributed by atoms with Crippen LogP contribution in [0.4, 0.5) is 0 Å². The number of carbonyl (C=O) groups is 1. The maximum Gasteiger partial charge on any atom is 0.234 e. The number of rotatable bonds is 7. The second kappa shape index (κ2) is 6.75. The van der Waals surface area contributed by atoms with E-state index < -0.39 is 11.9 Å². The zero-order valence-corrected chi connectivity index (χ0v) is 9.36. The Labute approximate surface area is 86.0 Å². The molecule has 0 aliphatic heterocycles. The molecule has 0 radical (unpaired) electrons. The fraction of sp³-hybridized carbons (Fsp3) is 0.889. The third-order valence-electron chi connectivity index (χ3n) is 2.12. The number of hydrogen-bond donors (Lipinski definition) is 2. The molecule has 5 heteroatoms. The van der Waals surface area contributed by atoms with Gasteiger partial charge < -0.3 is 21.3 Å². The Bertz CT molecular complexity index is 172. The average molecular weight is 202 g/mol. The first-order valence-corrected chi connectivity index (χ1v) is 4.81. The lowest BCUT2D eigenvalue weighted by Gasteiger charge is -2.20. The summed E-state index contributed by atoms with van der Waals surface area (Å²) in [6.07, 6.45) is 0.624. The van der Waals surface area contributed by atoms with Gasteiger partial charge in [0.2, 0.25) is 5.91 Å². The molecule has 1 unspecified atom stereocenters. The van der Waals surface area contributed by atoms with Crippen molar-refractivity contribution in [3.8, 4) is 0 Å². The summed E-state index contributed by atoms with van der Waals surface area (Å²) < 4.78 is 0. The van der Waals surface area contributed by atoms with Crippen molar-refractivity contribution in [2.75, 3.05) is 40.8 Å². The van der Waals surface area contributed by atoms with E-state index in [2.05, 4.69) is 9.80 Å². The van der Waals surface area contributed by atoms with Gasteiger partial charge in [-0.15, -0.1) is 0 Å². The molecule has 0 aromatic heterocycles. The van der Waals surface area contributed by atoms with Crippen LogP contribution in [0.15, 0.2) is 0 Å². The van der Waals surface area contributed by atoms with Crippen LogP contribution in [-0.2, 0) is 4.79 Å². The molecule has 1 atom stereocenters. The normalized spacial score (nSPS) is 13.6. The van der Waals surface area contributed by atoms with E-state index in [0.29, 0.717) is 6.42 Å². The van der Waals surface area contributed by atoms with Crippen molar-refractivity contribution in [1.82, 2.24) is 9.80 Å². The highest BCUT2D eigenvalue weighted by Crippen LogP contribution is 1.91. The average Bonchev–Trinajstić information content (AvgIpc) is 2.10. The largest absolute Gasteiger partial charge is 0.368 e. The molecular weight excluding hydrogens is 180 g/mol. The van der Waals surface area contributed by atoms with E-state index in [1.54, 1.807) is 0 Å². The van der Waals surface area contributed by atoms with Crippen LogP contribution in [0.1, 0.15) is 6.42 Å². The van der Waals surface area contributed by atoms with E-state index in [9.17, 15) is 4.79 Å². The number of nitrogens with zero attached hydrogens (tertiary/aromatic N) is 2. The van der Waals surface area contributed by atoms with Crippen LogP contribution >= 0.6 is 0 Å². The molecule has 0 spiro atoms. The summed E-state index contributed by atoms with van der Waals surface area (Å²) in [6.45, 7) is 2.78. The molecule has 0 heterocycles. The Balaban J connectivity index is 3.53. The Kier molecular flexibility index (Phi) is 6.44. The lowest BCUT2D eigenvalue weighted by molar-refractivity contribution is -0.119. The molecular formula is C9H22N4O. The van der Waals surface area contributed by atoms with Gasteiger partial charge in [-0.2, -0.15) is 0 Å². The van der Waals surface area contributed by atoms with Crippen molar-refractivity contribution in [1.29, 1.82) is 0 Å². The molecule has 0 rings (SSSR count). The molecule has 0 aromatic carbocycles. The summed E-state index contributed by atoms with van der Waals surface area (Å²) >= 11 is 0. The van der Waals surface area contributed by atoms with Gasteiger partial charge in [0.05, 0.1) is 6.04 Å². The lowest BCUT2D eigenvalue weighted by Crippen LogP contribution is -2.39. The van der Waals surface area contributed by atoms with Gasteiger partial charge in [-0.05, 0) is 34.1 Å². The van der Waals surface area contributed by atoms with Gasteiger partial charge in [-0.25, -0.2) is 0 Å². The first kappa shape index (κ1) is 13.4. The Morgan fingerprint density at radius 2 is 1.79 bits per heavy atom. The number of nitrogens with two attached hydrogens (primary N) is 2. The molecule has 0 saturated carbocycles. The SMILES string of the molecule is CN(C)CCN(C)CCC(N)C(N)=O. The van der Waals surface area contributed by atoms with Crippen LogP contribution in [0.3, 0.4) is 0 Å². The van der Waals surface area contributed by atoms with Crippen molar-refractivity contribution >= 4 is 5.91 Å². The van der Waals surface area contributed by atoms with Gasteiger partial charge >= 0.3 is 0 Å². The molecule has 0 fully saturated rings. The highest BCUT2D eigenvalue weighted by molar-refractivity contribution is 5.79. The maximum absolute atomic E-state index is 10.6. The summed E-state index contributed by atoms with van der Waals surface area (Å²) in [7, 11) is 6.07. The van der Waals surface area contributed by atoms with Gasteiger partial charge in [-0.3, -0.25) is 4.79 Å². The van der Waals surface area contributed by atoms with Gasteiger partial charge in [0.1, 0.15) is 0 Å². The maximum atomic E-state index is 10.6. The lowest BCUT2D eigenvalue weighted by atomic mass is 10.2. The van der Waals surface area contributed by atoms with Gasteiger partial charge in [0.15, 0.2) is 0 Å². The van der Waals surface area contributed by atoms with Gasteiger partial charge in [-0.1, -0.05) is 0 Å². The molecule has 4 N–H and O–H groups in total. The zero-order chi connectivity index (χ0) is 11.1. The van der Waals surface area contributed by atoms with E-state index in [1.165, 1.54) is 0 Å². The summed E-state index contributed by atoms with van der Waals surface area (Å²) in [4.78, 5) is 14.9. The Hall–Kier alpha value is -0.650. The Morgan fingerprint density at radius 3 is 2.21 bits per heavy atom.